The Bertz CT molecular complexity index is 525. The van der Waals surface area contributed by atoms with Crippen LogP contribution in [0, 0.1) is 5.41 Å². The lowest BCUT2D eigenvalue weighted by molar-refractivity contribution is 0.407. The van der Waals surface area contributed by atoms with Gasteiger partial charge in [0.05, 0.1) is 4.90 Å². The number of hydrogen-bond donors (Lipinski definition) is 2. The monoisotopic (exact) mass is 302 g/mol. The van der Waals surface area contributed by atoms with E-state index in [1.54, 1.807) is 11.4 Å². The van der Waals surface area contributed by atoms with E-state index in [4.69, 9.17) is 0 Å². The first-order valence-corrected chi connectivity index (χ1v) is 8.93. The average Bonchev–Trinajstić information content (AvgIpc) is 3.00. The number of sulfonamides is 1. The van der Waals surface area contributed by atoms with Crippen LogP contribution in [0.2, 0.25) is 0 Å². The molecule has 0 aromatic carbocycles. The first-order valence-electron chi connectivity index (χ1n) is 6.57. The minimum atomic E-state index is -3.36. The van der Waals surface area contributed by atoms with Crippen molar-refractivity contribution in [3.05, 3.63) is 16.3 Å². The Kier molecular flexibility index (Phi) is 4.35. The minimum absolute atomic E-state index is 0.0561. The first-order chi connectivity index (χ1) is 8.76. The Morgan fingerprint density at radius 3 is 2.63 bits per heavy atom. The summed E-state index contributed by atoms with van der Waals surface area (Å²) in [6, 6.07) is 2.41. The Labute approximate surface area is 119 Å². The molecule has 1 heterocycles. The molecular formula is C13H22N2O2S2. The van der Waals surface area contributed by atoms with Crippen molar-refractivity contribution in [3.8, 4) is 0 Å². The molecule has 0 spiro atoms. The second kappa shape index (κ2) is 5.52. The minimum Gasteiger partial charge on any atom is -0.309 e. The highest BCUT2D eigenvalue weighted by Crippen LogP contribution is 2.23. The van der Waals surface area contributed by atoms with Gasteiger partial charge in [-0.1, -0.05) is 20.8 Å². The molecule has 0 bridgehead atoms. The van der Waals surface area contributed by atoms with Crippen LogP contribution in [-0.4, -0.2) is 21.0 Å². The molecule has 1 aromatic heterocycles. The molecule has 0 amide bonds. The largest absolute Gasteiger partial charge is 0.309 e. The maximum atomic E-state index is 12.1. The number of rotatable bonds is 6. The molecule has 1 aromatic rings. The summed E-state index contributed by atoms with van der Waals surface area (Å²) >= 11 is 1.50. The number of hydrogen-bond acceptors (Lipinski definition) is 4. The van der Waals surface area contributed by atoms with E-state index in [0.29, 0.717) is 17.5 Å². The highest BCUT2D eigenvalue weighted by Gasteiger charge is 2.22. The second-order valence-corrected chi connectivity index (χ2v) is 9.05. The molecular weight excluding hydrogens is 280 g/mol. The first kappa shape index (κ1) is 15.0. The van der Waals surface area contributed by atoms with Gasteiger partial charge in [-0.05, 0) is 24.3 Å². The lowest BCUT2D eigenvalue weighted by Gasteiger charge is -2.18. The Morgan fingerprint density at radius 1 is 1.37 bits per heavy atom. The molecule has 19 heavy (non-hydrogen) atoms. The maximum absolute atomic E-state index is 12.1. The normalized spacial score (nSPS) is 16.8. The van der Waals surface area contributed by atoms with Crippen LogP contribution in [0.4, 0.5) is 0 Å². The van der Waals surface area contributed by atoms with Crippen LogP contribution in [0.5, 0.6) is 0 Å². The van der Waals surface area contributed by atoms with Gasteiger partial charge >= 0.3 is 0 Å². The van der Waals surface area contributed by atoms with Gasteiger partial charge in [0, 0.05) is 29.4 Å². The Morgan fingerprint density at radius 2 is 2.05 bits per heavy atom. The van der Waals surface area contributed by atoms with E-state index in [1.807, 2.05) is 20.8 Å². The van der Waals surface area contributed by atoms with Crippen LogP contribution in [0.3, 0.4) is 0 Å². The van der Waals surface area contributed by atoms with E-state index >= 15 is 0 Å². The van der Waals surface area contributed by atoms with Gasteiger partial charge < -0.3 is 5.32 Å². The van der Waals surface area contributed by atoms with E-state index < -0.39 is 10.0 Å². The van der Waals surface area contributed by atoms with E-state index in [2.05, 4.69) is 10.0 Å². The van der Waals surface area contributed by atoms with Crippen LogP contribution >= 0.6 is 11.3 Å². The zero-order valence-electron chi connectivity index (χ0n) is 11.7. The summed E-state index contributed by atoms with van der Waals surface area (Å²) < 4.78 is 26.9. The van der Waals surface area contributed by atoms with Crippen molar-refractivity contribution in [1.29, 1.82) is 0 Å². The molecule has 1 saturated carbocycles. The van der Waals surface area contributed by atoms with E-state index in [0.717, 1.165) is 11.4 Å². The maximum Gasteiger partial charge on any atom is 0.241 e. The average molecular weight is 302 g/mol. The molecule has 4 nitrogen and oxygen atoms in total. The summed E-state index contributed by atoms with van der Waals surface area (Å²) in [4.78, 5) is 1.46. The molecule has 1 aliphatic rings. The van der Waals surface area contributed by atoms with Gasteiger partial charge in [0.2, 0.25) is 10.0 Å². The van der Waals surface area contributed by atoms with E-state index in [9.17, 15) is 8.42 Å². The molecule has 0 atom stereocenters. The van der Waals surface area contributed by atoms with Crippen LogP contribution < -0.4 is 10.0 Å². The summed E-state index contributed by atoms with van der Waals surface area (Å²) in [5.41, 5.74) is -0.0561. The molecule has 1 aliphatic carbocycles. The van der Waals surface area contributed by atoms with Crippen molar-refractivity contribution >= 4 is 21.4 Å². The summed E-state index contributed by atoms with van der Waals surface area (Å²) in [6.45, 7) is 7.24. The lowest BCUT2D eigenvalue weighted by Crippen LogP contribution is -2.32. The van der Waals surface area contributed by atoms with Crippen molar-refractivity contribution in [2.24, 2.45) is 5.41 Å². The fourth-order valence-corrected chi connectivity index (χ4v) is 4.03. The third-order valence-electron chi connectivity index (χ3n) is 2.87. The van der Waals surface area contributed by atoms with Gasteiger partial charge in [-0.3, -0.25) is 0 Å². The van der Waals surface area contributed by atoms with E-state index in [1.165, 1.54) is 24.2 Å². The van der Waals surface area contributed by atoms with Crippen LogP contribution in [0.25, 0.3) is 0 Å². The SMILES string of the molecule is CC(C)(C)CNS(=O)(=O)c1csc(CNC2CC2)c1. The molecule has 0 unspecified atom stereocenters. The van der Waals surface area contributed by atoms with Crippen molar-refractivity contribution in [2.75, 3.05) is 6.54 Å². The van der Waals surface area contributed by atoms with Crippen LogP contribution in [0.15, 0.2) is 16.3 Å². The lowest BCUT2D eigenvalue weighted by atomic mass is 9.98. The van der Waals surface area contributed by atoms with Gasteiger partial charge in [-0.15, -0.1) is 11.3 Å². The third kappa shape index (κ3) is 4.87. The molecule has 2 rings (SSSR count). The molecule has 0 saturated heterocycles. The highest BCUT2D eigenvalue weighted by molar-refractivity contribution is 7.89. The Hall–Kier alpha value is -0.430. The van der Waals surface area contributed by atoms with Gasteiger partial charge in [-0.2, -0.15) is 0 Å². The fourth-order valence-electron chi connectivity index (χ4n) is 1.52. The Balaban J connectivity index is 1.95. The predicted molar refractivity (Wildman–Crippen MR) is 78.8 cm³/mol. The summed E-state index contributed by atoms with van der Waals surface area (Å²) in [5.74, 6) is 0. The topological polar surface area (TPSA) is 58.2 Å². The summed E-state index contributed by atoms with van der Waals surface area (Å²) in [5, 5.41) is 5.11. The van der Waals surface area contributed by atoms with Gasteiger partial charge in [0.15, 0.2) is 0 Å². The van der Waals surface area contributed by atoms with Gasteiger partial charge in [0.1, 0.15) is 0 Å². The van der Waals surface area contributed by atoms with Crippen molar-refractivity contribution < 1.29 is 8.42 Å². The van der Waals surface area contributed by atoms with Gasteiger partial charge in [-0.25, -0.2) is 13.1 Å². The molecule has 2 N–H and O–H groups in total. The molecule has 1 fully saturated rings. The zero-order valence-corrected chi connectivity index (χ0v) is 13.3. The highest BCUT2D eigenvalue weighted by atomic mass is 32.2. The second-order valence-electron chi connectivity index (χ2n) is 6.29. The third-order valence-corrected chi connectivity index (χ3v) is 5.34. The van der Waals surface area contributed by atoms with Crippen LogP contribution in [0.1, 0.15) is 38.5 Å². The summed E-state index contributed by atoms with van der Waals surface area (Å²) in [6.07, 6.45) is 2.48. The molecule has 108 valence electrons. The fraction of sp³-hybridized carbons (Fsp3) is 0.692. The van der Waals surface area contributed by atoms with Crippen molar-refractivity contribution in [3.63, 3.8) is 0 Å². The number of nitrogens with one attached hydrogen (secondary N) is 2. The number of thiophene rings is 1. The zero-order chi connectivity index (χ0) is 14.1. The van der Waals surface area contributed by atoms with Gasteiger partial charge in [0.25, 0.3) is 0 Å². The smallest absolute Gasteiger partial charge is 0.241 e. The van der Waals surface area contributed by atoms with E-state index in [-0.39, 0.29) is 5.41 Å². The predicted octanol–water partition coefficient (Wildman–Crippen LogP) is 2.32. The molecule has 0 radical (unpaired) electrons. The quantitative estimate of drug-likeness (QED) is 0.848. The van der Waals surface area contributed by atoms with Crippen molar-refractivity contribution in [1.82, 2.24) is 10.0 Å². The standard InChI is InChI=1S/C13H22N2O2S2/c1-13(2,3)9-15-19(16,17)12-6-11(18-8-12)7-14-10-4-5-10/h6,8,10,14-15H,4-5,7,9H2,1-3H3. The van der Waals surface area contributed by atoms with Crippen LogP contribution in [-0.2, 0) is 16.6 Å². The van der Waals surface area contributed by atoms with Crippen molar-refractivity contribution in [2.45, 2.75) is 51.1 Å². The molecule has 6 heteroatoms. The molecule has 0 aliphatic heterocycles. The summed E-state index contributed by atoms with van der Waals surface area (Å²) in [7, 11) is -3.36.